The lowest BCUT2D eigenvalue weighted by molar-refractivity contribution is -0.137. The molecule has 0 bridgehead atoms. The van der Waals surface area contributed by atoms with E-state index in [4.69, 9.17) is 21.1 Å². The number of hydrogen-bond acceptors (Lipinski definition) is 5. The molecule has 2 heterocycles. The van der Waals surface area contributed by atoms with Crippen molar-refractivity contribution in [1.29, 1.82) is 0 Å². The molecule has 0 spiro atoms. The Bertz CT molecular complexity index is 1300. The number of ether oxygens (including phenoxy) is 2. The molecule has 1 amide bonds. The van der Waals surface area contributed by atoms with Gasteiger partial charge in [-0.1, -0.05) is 39.7 Å². The molecule has 3 aromatic rings. The van der Waals surface area contributed by atoms with Gasteiger partial charge in [-0.2, -0.15) is 18.3 Å². The number of amides is 1. The molecule has 12 heteroatoms. The van der Waals surface area contributed by atoms with Crippen LogP contribution in [-0.2, 0) is 29.6 Å². The first kappa shape index (κ1) is 26.3. The number of hydrogen-bond donors (Lipinski definition) is 1. The molecule has 1 aromatic heterocycles. The van der Waals surface area contributed by atoms with Gasteiger partial charge in [0.1, 0.15) is 11.3 Å². The van der Waals surface area contributed by atoms with E-state index in [9.17, 15) is 18.0 Å². The van der Waals surface area contributed by atoms with Crippen LogP contribution in [-0.4, -0.2) is 29.3 Å². The van der Waals surface area contributed by atoms with Crippen molar-refractivity contribution >= 4 is 33.4 Å². The van der Waals surface area contributed by atoms with Gasteiger partial charge in [0.05, 0.1) is 31.0 Å². The van der Waals surface area contributed by atoms with E-state index in [0.29, 0.717) is 28.8 Å². The molecule has 6 nitrogen and oxygen atoms in total. The third-order valence-corrected chi connectivity index (χ3v) is 6.34. The standard InChI is InChI=1S/C24H19BrClF4N3O3/c1-23(27,17-6-5-14(25)10-18(17)26)12-31-21(34)20-16-11-35-8-7-19(16)32-33-22(20)36-15-4-2-3-13(9-15)24(28,29)30/h2-6,9-10H,7-8,11-12H2,1H3,(H,31,34). The number of alkyl halides is 4. The van der Waals surface area contributed by atoms with Crippen LogP contribution in [0.2, 0.25) is 5.02 Å². The summed E-state index contributed by atoms with van der Waals surface area (Å²) < 4.78 is 66.6. The van der Waals surface area contributed by atoms with Gasteiger partial charge in [-0.05, 0) is 37.3 Å². The van der Waals surface area contributed by atoms with Crippen LogP contribution in [0, 0.1) is 0 Å². The van der Waals surface area contributed by atoms with Crippen molar-refractivity contribution in [3.05, 3.63) is 79.9 Å². The first-order valence-corrected chi connectivity index (χ1v) is 11.9. The molecule has 36 heavy (non-hydrogen) atoms. The summed E-state index contributed by atoms with van der Waals surface area (Å²) in [5.74, 6) is -1.26. The highest BCUT2D eigenvalue weighted by Gasteiger charge is 2.33. The molecule has 0 fully saturated rings. The summed E-state index contributed by atoms with van der Waals surface area (Å²) in [4.78, 5) is 13.3. The summed E-state index contributed by atoms with van der Waals surface area (Å²) in [5, 5.41) is 10.7. The van der Waals surface area contributed by atoms with Crippen molar-refractivity contribution in [2.45, 2.75) is 31.8 Å². The monoisotopic (exact) mass is 587 g/mol. The van der Waals surface area contributed by atoms with Crippen molar-refractivity contribution in [2.24, 2.45) is 0 Å². The zero-order valence-electron chi connectivity index (χ0n) is 18.8. The molecule has 0 radical (unpaired) electrons. The Balaban J connectivity index is 1.64. The number of carbonyl (C=O) groups is 1. The number of aromatic nitrogens is 2. The average molecular weight is 589 g/mol. The molecule has 1 atom stereocenters. The van der Waals surface area contributed by atoms with Gasteiger partial charge in [0.25, 0.3) is 11.8 Å². The number of halogens is 6. The van der Waals surface area contributed by atoms with Gasteiger partial charge in [0.15, 0.2) is 5.67 Å². The van der Waals surface area contributed by atoms with Crippen LogP contribution in [0.15, 0.2) is 46.9 Å². The molecule has 2 aromatic carbocycles. The quantitative estimate of drug-likeness (QED) is 0.338. The SMILES string of the molecule is CC(F)(CNC(=O)c1c(Oc2cccc(C(F)(F)F)c2)nnc2c1COCC2)c1ccc(Br)cc1Cl. The van der Waals surface area contributed by atoms with Gasteiger partial charge in [-0.15, -0.1) is 5.10 Å². The summed E-state index contributed by atoms with van der Waals surface area (Å²) in [6.45, 7) is 1.19. The van der Waals surface area contributed by atoms with Gasteiger partial charge in [-0.25, -0.2) is 4.39 Å². The van der Waals surface area contributed by atoms with Crippen LogP contribution in [0.4, 0.5) is 17.6 Å². The maximum Gasteiger partial charge on any atom is 0.416 e. The summed E-state index contributed by atoms with van der Waals surface area (Å²) in [6.07, 6.45) is -4.21. The molecule has 0 aliphatic carbocycles. The van der Waals surface area contributed by atoms with E-state index in [1.807, 2.05) is 0 Å². The molecule has 1 aliphatic heterocycles. The zero-order chi connectivity index (χ0) is 26.1. The minimum absolute atomic E-state index is 0.0119. The lowest BCUT2D eigenvalue weighted by atomic mass is 9.97. The Kier molecular flexibility index (Phi) is 7.53. The molecule has 0 saturated heterocycles. The fourth-order valence-electron chi connectivity index (χ4n) is 3.68. The van der Waals surface area contributed by atoms with Crippen molar-refractivity contribution in [3.8, 4) is 11.6 Å². The fraction of sp³-hybridized carbons (Fsp3) is 0.292. The maximum atomic E-state index is 15.5. The van der Waals surface area contributed by atoms with Crippen LogP contribution in [0.1, 0.15) is 39.7 Å². The molecule has 1 unspecified atom stereocenters. The minimum Gasteiger partial charge on any atom is -0.437 e. The molecule has 1 aliphatic rings. The van der Waals surface area contributed by atoms with E-state index in [1.165, 1.54) is 31.2 Å². The zero-order valence-corrected chi connectivity index (χ0v) is 21.1. The largest absolute Gasteiger partial charge is 0.437 e. The van der Waals surface area contributed by atoms with Gasteiger partial charge >= 0.3 is 6.18 Å². The van der Waals surface area contributed by atoms with Gasteiger partial charge in [0, 0.05) is 27.0 Å². The number of rotatable bonds is 6. The summed E-state index contributed by atoms with van der Waals surface area (Å²) in [6, 6.07) is 8.81. The highest BCUT2D eigenvalue weighted by atomic mass is 79.9. The van der Waals surface area contributed by atoms with Crippen molar-refractivity contribution < 1.29 is 31.8 Å². The van der Waals surface area contributed by atoms with E-state index >= 15 is 4.39 Å². The lowest BCUT2D eigenvalue weighted by Crippen LogP contribution is -2.37. The van der Waals surface area contributed by atoms with Crippen LogP contribution in [0.25, 0.3) is 0 Å². The molecular formula is C24H19BrClF4N3O3. The topological polar surface area (TPSA) is 73.3 Å². The molecular weight excluding hydrogens is 570 g/mol. The van der Waals surface area contributed by atoms with Gasteiger partial charge in [0.2, 0.25) is 0 Å². The predicted molar refractivity (Wildman–Crippen MR) is 127 cm³/mol. The molecule has 4 rings (SSSR count). The summed E-state index contributed by atoms with van der Waals surface area (Å²) in [5.41, 5.74) is -2.02. The molecule has 190 valence electrons. The lowest BCUT2D eigenvalue weighted by Gasteiger charge is -2.24. The second kappa shape index (κ2) is 10.3. The number of fused-ring (bicyclic) bond motifs is 1. The van der Waals surface area contributed by atoms with E-state index in [-0.39, 0.29) is 34.4 Å². The van der Waals surface area contributed by atoms with Gasteiger partial charge < -0.3 is 14.8 Å². The highest BCUT2D eigenvalue weighted by Crippen LogP contribution is 2.35. The highest BCUT2D eigenvalue weighted by molar-refractivity contribution is 9.10. The molecule has 0 saturated carbocycles. The Morgan fingerprint density at radius 3 is 2.69 bits per heavy atom. The number of benzene rings is 2. The average Bonchev–Trinajstić information content (AvgIpc) is 2.82. The second-order valence-corrected chi connectivity index (χ2v) is 9.56. The summed E-state index contributed by atoms with van der Waals surface area (Å²) >= 11 is 9.45. The Morgan fingerprint density at radius 1 is 1.19 bits per heavy atom. The van der Waals surface area contributed by atoms with E-state index in [2.05, 4.69) is 31.4 Å². The van der Waals surface area contributed by atoms with Crippen LogP contribution in [0.5, 0.6) is 11.6 Å². The smallest absolute Gasteiger partial charge is 0.416 e. The van der Waals surface area contributed by atoms with Crippen molar-refractivity contribution in [3.63, 3.8) is 0 Å². The normalized spacial score (nSPS) is 15.1. The van der Waals surface area contributed by atoms with E-state index in [1.54, 1.807) is 6.07 Å². The van der Waals surface area contributed by atoms with Crippen molar-refractivity contribution in [2.75, 3.05) is 13.2 Å². The molecule has 1 N–H and O–H groups in total. The van der Waals surface area contributed by atoms with Crippen LogP contribution < -0.4 is 10.1 Å². The number of carbonyl (C=O) groups excluding carboxylic acids is 1. The maximum absolute atomic E-state index is 15.5. The Morgan fingerprint density at radius 2 is 1.97 bits per heavy atom. The number of nitrogens with one attached hydrogen (secondary N) is 1. The first-order chi connectivity index (χ1) is 17.0. The van der Waals surface area contributed by atoms with Crippen LogP contribution in [0.3, 0.4) is 0 Å². The fourth-order valence-corrected chi connectivity index (χ4v) is 4.55. The van der Waals surface area contributed by atoms with Gasteiger partial charge in [-0.3, -0.25) is 4.79 Å². The van der Waals surface area contributed by atoms with E-state index < -0.39 is 29.9 Å². The van der Waals surface area contributed by atoms with Crippen LogP contribution >= 0.6 is 27.5 Å². The third kappa shape index (κ3) is 5.79. The van der Waals surface area contributed by atoms with E-state index in [0.717, 1.165) is 12.1 Å². The summed E-state index contributed by atoms with van der Waals surface area (Å²) in [7, 11) is 0. The second-order valence-electron chi connectivity index (χ2n) is 8.24. The Labute approximate surface area is 217 Å². The first-order valence-electron chi connectivity index (χ1n) is 10.7. The Hall–Kier alpha value is -2.76. The predicted octanol–water partition coefficient (Wildman–Crippen LogP) is 6.39. The third-order valence-electron chi connectivity index (χ3n) is 5.53. The minimum atomic E-state index is -4.59. The number of nitrogens with zero attached hydrogens (tertiary/aromatic N) is 2. The van der Waals surface area contributed by atoms with Crippen molar-refractivity contribution in [1.82, 2.24) is 15.5 Å².